The van der Waals surface area contributed by atoms with E-state index in [2.05, 4.69) is 6.07 Å². The van der Waals surface area contributed by atoms with Crippen LogP contribution in [0.25, 0.3) is 0 Å². The molecule has 0 saturated heterocycles. The van der Waals surface area contributed by atoms with Gasteiger partial charge in [-0.3, -0.25) is 4.79 Å². The van der Waals surface area contributed by atoms with Crippen LogP contribution in [-0.2, 0) is 53.7 Å². The van der Waals surface area contributed by atoms with Crippen LogP contribution in [0.1, 0.15) is 28.4 Å². The van der Waals surface area contributed by atoms with Crippen LogP contribution in [-0.4, -0.2) is 26.7 Å². The third-order valence-corrected chi connectivity index (χ3v) is 4.63. The molecule has 0 aromatic heterocycles. The monoisotopic (exact) mass is 342 g/mol. The van der Waals surface area contributed by atoms with Crippen molar-refractivity contribution in [1.29, 1.82) is 0 Å². The number of fused-ring (bicyclic) bond motifs is 1. The number of rotatable bonds is 2. The van der Waals surface area contributed by atoms with Crippen LogP contribution in [0.3, 0.4) is 0 Å². The van der Waals surface area contributed by atoms with E-state index < -0.39 is 15.8 Å². The van der Waals surface area contributed by atoms with Crippen molar-refractivity contribution < 1.29 is 50.7 Å². The molecule has 0 saturated carbocycles. The van der Waals surface area contributed by atoms with Gasteiger partial charge in [0.1, 0.15) is 0 Å². The van der Waals surface area contributed by atoms with Gasteiger partial charge in [0.15, 0.2) is 9.84 Å². The molecule has 1 radical (unpaired) electrons. The SMILES string of the molecule is CCOC(=O)c1c[c-]c2c(c1C)CCS2(=O)=O.[Y]. The number of sulfone groups is 1. The summed E-state index contributed by atoms with van der Waals surface area (Å²) < 4.78 is 28.2. The van der Waals surface area contributed by atoms with Crippen LogP contribution >= 0.6 is 0 Å². The summed E-state index contributed by atoms with van der Waals surface area (Å²) in [6.45, 7) is 3.78. The van der Waals surface area contributed by atoms with Crippen molar-refractivity contribution in [2.45, 2.75) is 25.2 Å². The van der Waals surface area contributed by atoms with Crippen molar-refractivity contribution in [3.05, 3.63) is 28.8 Å². The topological polar surface area (TPSA) is 60.4 Å². The Morgan fingerprint density at radius 2 is 2.17 bits per heavy atom. The first kappa shape index (κ1) is 15.8. The van der Waals surface area contributed by atoms with E-state index in [4.69, 9.17) is 4.74 Å². The van der Waals surface area contributed by atoms with Gasteiger partial charge >= 0.3 is 0 Å². The summed E-state index contributed by atoms with van der Waals surface area (Å²) in [4.78, 5) is 11.9. The van der Waals surface area contributed by atoms with Gasteiger partial charge in [0.2, 0.25) is 0 Å². The molecule has 6 heteroatoms. The molecule has 18 heavy (non-hydrogen) atoms. The van der Waals surface area contributed by atoms with E-state index in [0.717, 1.165) is 0 Å². The Kier molecular flexibility index (Phi) is 5.09. The zero-order chi connectivity index (χ0) is 12.6. The average molecular weight is 342 g/mol. The van der Waals surface area contributed by atoms with Gasteiger partial charge in [-0.25, -0.2) is 8.42 Å². The average Bonchev–Trinajstić information content (AvgIpc) is 2.56. The van der Waals surface area contributed by atoms with Crippen molar-refractivity contribution in [1.82, 2.24) is 0 Å². The van der Waals surface area contributed by atoms with E-state index in [1.165, 1.54) is 6.07 Å². The summed E-state index contributed by atoms with van der Waals surface area (Å²) >= 11 is 0. The maximum absolute atomic E-state index is 11.7. The molecule has 1 aliphatic heterocycles. The van der Waals surface area contributed by atoms with Crippen LogP contribution in [0.5, 0.6) is 0 Å². The standard InChI is InChI=1S/C12H13O4S.Y/c1-3-16-12(13)10-4-5-11-9(8(10)2)6-7-17(11,14)15;/h4H,3,6-7H2,1-2H3;/q-1;. The van der Waals surface area contributed by atoms with E-state index in [1.54, 1.807) is 13.8 Å². The largest absolute Gasteiger partial charge is 0.472 e. The van der Waals surface area contributed by atoms with Crippen LogP contribution in [0, 0.1) is 13.0 Å². The molecule has 0 N–H and O–H groups in total. The quantitative estimate of drug-likeness (QED) is 0.600. The molecule has 1 aromatic rings. The normalized spacial score (nSPS) is 15.7. The molecule has 1 heterocycles. The molecule has 1 aromatic carbocycles. The van der Waals surface area contributed by atoms with E-state index in [0.29, 0.717) is 29.7 Å². The zero-order valence-corrected chi connectivity index (χ0v) is 14.0. The molecule has 1 aliphatic rings. The first-order valence-electron chi connectivity index (χ1n) is 5.41. The fourth-order valence-electron chi connectivity index (χ4n) is 2.00. The molecule has 0 amide bonds. The van der Waals surface area contributed by atoms with Crippen molar-refractivity contribution in [3.8, 4) is 0 Å². The maximum atomic E-state index is 11.7. The minimum absolute atomic E-state index is 0. The number of hydrogen-bond donors (Lipinski definition) is 0. The molecule has 2 rings (SSSR count). The number of hydrogen-bond acceptors (Lipinski definition) is 4. The Morgan fingerprint density at radius 1 is 1.50 bits per heavy atom. The van der Waals surface area contributed by atoms with Crippen LogP contribution in [0.15, 0.2) is 11.0 Å². The van der Waals surface area contributed by atoms with Crippen molar-refractivity contribution in [3.63, 3.8) is 0 Å². The van der Waals surface area contributed by atoms with Gasteiger partial charge in [-0.2, -0.15) is 12.1 Å². The maximum Gasteiger partial charge on any atom is 0.281 e. The van der Waals surface area contributed by atoms with Crippen molar-refractivity contribution >= 4 is 15.8 Å². The predicted octanol–water partition coefficient (Wildman–Crippen LogP) is 1.30. The number of carbonyl (C=O) groups is 1. The Hall–Kier alpha value is -0.256. The third-order valence-electron chi connectivity index (χ3n) is 2.91. The zero-order valence-electron chi connectivity index (χ0n) is 10.3. The van der Waals surface area contributed by atoms with Gasteiger partial charge < -0.3 is 4.74 Å². The van der Waals surface area contributed by atoms with E-state index in [1.807, 2.05) is 0 Å². The Morgan fingerprint density at radius 3 is 2.78 bits per heavy atom. The van der Waals surface area contributed by atoms with E-state index in [9.17, 15) is 13.2 Å². The van der Waals surface area contributed by atoms with Gasteiger partial charge in [0.25, 0.3) is 5.97 Å². The second-order valence-corrected chi connectivity index (χ2v) is 5.97. The molecule has 95 valence electrons. The van der Waals surface area contributed by atoms with E-state index in [-0.39, 0.29) is 43.4 Å². The second-order valence-electron chi connectivity index (χ2n) is 3.92. The summed E-state index contributed by atoms with van der Waals surface area (Å²) in [7, 11) is -3.19. The van der Waals surface area contributed by atoms with Crippen LogP contribution in [0.4, 0.5) is 0 Å². The molecule has 4 nitrogen and oxygen atoms in total. The van der Waals surface area contributed by atoms with Gasteiger partial charge in [-0.05, 0) is 17.4 Å². The first-order valence-corrected chi connectivity index (χ1v) is 7.06. The summed E-state index contributed by atoms with van der Waals surface area (Å²) in [6, 6.07) is 4.11. The minimum Gasteiger partial charge on any atom is -0.472 e. The number of carbonyl (C=O) groups excluding carboxylic acids is 1. The van der Waals surface area contributed by atoms with Crippen molar-refractivity contribution in [2.24, 2.45) is 0 Å². The Balaban J connectivity index is 0.00000162. The molecule has 0 atom stereocenters. The summed E-state index contributed by atoms with van der Waals surface area (Å²) in [5.74, 6) is -0.320. The van der Waals surface area contributed by atoms with Gasteiger partial charge in [0, 0.05) is 38.5 Å². The van der Waals surface area contributed by atoms with Crippen LogP contribution < -0.4 is 0 Å². The smallest absolute Gasteiger partial charge is 0.281 e. The van der Waals surface area contributed by atoms with E-state index >= 15 is 0 Å². The Labute approximate surface area is 132 Å². The van der Waals surface area contributed by atoms with Crippen molar-refractivity contribution in [2.75, 3.05) is 12.4 Å². The van der Waals surface area contributed by atoms with Gasteiger partial charge in [-0.15, -0.1) is 11.1 Å². The second kappa shape index (κ2) is 5.80. The molecule has 0 unspecified atom stereocenters. The molecule has 0 spiro atoms. The Bertz CT molecular complexity index is 578. The third kappa shape index (κ3) is 2.68. The molecular weight excluding hydrogens is 329 g/mol. The van der Waals surface area contributed by atoms with Gasteiger partial charge in [-0.1, -0.05) is 13.3 Å². The number of ether oxygens (including phenoxy) is 1. The number of esters is 1. The molecule has 0 bridgehead atoms. The first-order chi connectivity index (χ1) is 7.97. The summed E-state index contributed by atoms with van der Waals surface area (Å²) in [6.07, 6.45) is 0.452. The fourth-order valence-corrected chi connectivity index (χ4v) is 3.55. The minimum atomic E-state index is -3.19. The number of benzene rings is 1. The molecule has 0 aliphatic carbocycles. The molecule has 0 fully saturated rings. The predicted molar refractivity (Wildman–Crippen MR) is 61.7 cm³/mol. The summed E-state index contributed by atoms with van der Waals surface area (Å²) in [5, 5.41) is 0. The van der Waals surface area contributed by atoms with Crippen LogP contribution in [0.2, 0.25) is 0 Å². The van der Waals surface area contributed by atoms with Gasteiger partial charge in [0.05, 0.1) is 6.61 Å². The summed E-state index contributed by atoms with van der Waals surface area (Å²) in [5.41, 5.74) is 1.80. The fraction of sp³-hybridized carbons (Fsp3) is 0.417. The molecular formula is C12H13O4SY-.